The minimum absolute atomic E-state index is 0.0132. The second-order valence-electron chi connectivity index (χ2n) is 4.72. The molecule has 0 radical (unpaired) electrons. The molecule has 0 saturated heterocycles. The van der Waals surface area contributed by atoms with E-state index in [2.05, 4.69) is 10.6 Å². The van der Waals surface area contributed by atoms with Crippen molar-refractivity contribution in [3.05, 3.63) is 70.3 Å². The fraction of sp³-hybridized carbons (Fsp3) is 0.125. The predicted molar refractivity (Wildman–Crippen MR) is 84.9 cm³/mol. The highest BCUT2D eigenvalue weighted by atomic mass is 16.6. The topological polar surface area (TPSA) is 101 Å². The van der Waals surface area contributed by atoms with Crippen LogP contribution in [0.5, 0.6) is 0 Å². The van der Waals surface area contributed by atoms with Crippen molar-refractivity contribution in [3.63, 3.8) is 0 Å². The monoisotopic (exact) mass is 313 g/mol. The fourth-order valence-corrected chi connectivity index (χ4v) is 1.96. The molecular formula is C16H15N3O4. The molecular weight excluding hydrogens is 298 g/mol. The number of carbonyl (C=O) groups is 2. The van der Waals surface area contributed by atoms with Crippen LogP contribution >= 0.6 is 0 Å². The molecule has 2 N–H and O–H groups in total. The van der Waals surface area contributed by atoms with Crippen molar-refractivity contribution < 1.29 is 14.5 Å². The van der Waals surface area contributed by atoms with Crippen molar-refractivity contribution in [2.45, 2.75) is 6.42 Å². The first-order chi connectivity index (χ1) is 11.1. The molecule has 23 heavy (non-hydrogen) atoms. The largest absolute Gasteiger partial charge is 0.347 e. The van der Waals surface area contributed by atoms with Crippen molar-refractivity contribution in [1.29, 1.82) is 0 Å². The lowest BCUT2D eigenvalue weighted by Crippen LogP contribution is -2.36. The maximum atomic E-state index is 11.8. The third-order valence-corrected chi connectivity index (χ3v) is 3.10. The van der Waals surface area contributed by atoms with Gasteiger partial charge in [0.05, 0.1) is 4.92 Å². The lowest BCUT2D eigenvalue weighted by atomic mass is 10.1. The summed E-state index contributed by atoms with van der Waals surface area (Å²) in [6.45, 7) is 0.299. The van der Waals surface area contributed by atoms with E-state index in [-0.39, 0.29) is 11.4 Å². The van der Waals surface area contributed by atoms with E-state index >= 15 is 0 Å². The number of nitrogens with zero attached hydrogens (tertiary/aromatic N) is 1. The number of nitrogens with one attached hydrogen (secondary N) is 2. The van der Waals surface area contributed by atoms with E-state index in [4.69, 9.17) is 0 Å². The van der Waals surface area contributed by atoms with Crippen molar-refractivity contribution in [3.8, 4) is 0 Å². The molecule has 2 amide bonds. The van der Waals surface area contributed by atoms with Gasteiger partial charge in [0, 0.05) is 12.6 Å². The molecule has 0 saturated carbocycles. The lowest BCUT2D eigenvalue weighted by molar-refractivity contribution is -0.383. The van der Waals surface area contributed by atoms with E-state index in [0.29, 0.717) is 13.0 Å². The van der Waals surface area contributed by atoms with Crippen LogP contribution in [0.1, 0.15) is 5.56 Å². The van der Waals surface area contributed by atoms with E-state index in [1.807, 2.05) is 30.3 Å². The van der Waals surface area contributed by atoms with Gasteiger partial charge in [-0.2, -0.15) is 0 Å². The van der Waals surface area contributed by atoms with Gasteiger partial charge in [-0.25, -0.2) is 0 Å². The zero-order valence-corrected chi connectivity index (χ0v) is 12.2. The number of nitro benzene ring substituents is 1. The number of benzene rings is 2. The van der Waals surface area contributed by atoms with Crippen LogP contribution in [0.25, 0.3) is 0 Å². The first kappa shape index (κ1) is 16.2. The third kappa shape index (κ3) is 4.63. The average molecular weight is 313 g/mol. The van der Waals surface area contributed by atoms with Gasteiger partial charge in [0.1, 0.15) is 5.69 Å². The Hall–Kier alpha value is -3.22. The maximum Gasteiger partial charge on any atom is 0.313 e. The molecule has 2 aromatic rings. The number of hydrogen-bond donors (Lipinski definition) is 2. The first-order valence-electron chi connectivity index (χ1n) is 6.94. The van der Waals surface area contributed by atoms with Crippen LogP contribution in [0.3, 0.4) is 0 Å². The molecule has 0 aliphatic heterocycles. The number of rotatable bonds is 5. The van der Waals surface area contributed by atoms with Crippen molar-refractivity contribution >= 4 is 23.2 Å². The summed E-state index contributed by atoms with van der Waals surface area (Å²) in [5, 5.41) is 15.6. The van der Waals surface area contributed by atoms with Crippen molar-refractivity contribution in [2.24, 2.45) is 0 Å². The summed E-state index contributed by atoms with van der Waals surface area (Å²) in [6.07, 6.45) is 0.589. The molecule has 0 aromatic heterocycles. The van der Waals surface area contributed by atoms with Crippen LogP contribution in [0.15, 0.2) is 54.6 Å². The smallest absolute Gasteiger partial charge is 0.313 e. The van der Waals surface area contributed by atoms with E-state index in [9.17, 15) is 19.7 Å². The second kappa shape index (κ2) is 7.69. The molecule has 0 aliphatic carbocycles. The van der Waals surface area contributed by atoms with E-state index in [0.717, 1.165) is 5.56 Å². The highest BCUT2D eigenvalue weighted by Crippen LogP contribution is 2.22. The van der Waals surface area contributed by atoms with Crippen LogP contribution in [-0.2, 0) is 16.0 Å². The predicted octanol–water partition coefficient (Wildman–Crippen LogP) is 1.89. The Balaban J connectivity index is 1.88. The van der Waals surface area contributed by atoms with Gasteiger partial charge < -0.3 is 10.6 Å². The summed E-state index contributed by atoms with van der Waals surface area (Å²) >= 11 is 0. The molecule has 7 heteroatoms. The van der Waals surface area contributed by atoms with Crippen LogP contribution in [0, 0.1) is 10.1 Å². The lowest BCUT2D eigenvalue weighted by Gasteiger charge is -2.07. The van der Waals surface area contributed by atoms with Gasteiger partial charge in [-0.1, -0.05) is 42.5 Å². The van der Waals surface area contributed by atoms with Gasteiger partial charge in [0.15, 0.2) is 0 Å². The molecule has 2 rings (SSSR count). The number of amides is 2. The average Bonchev–Trinajstić information content (AvgIpc) is 2.56. The quantitative estimate of drug-likeness (QED) is 0.500. The first-order valence-corrected chi connectivity index (χ1v) is 6.94. The molecule has 118 valence electrons. The number of hydrogen-bond acceptors (Lipinski definition) is 4. The van der Waals surface area contributed by atoms with Crippen LogP contribution < -0.4 is 10.6 Å². The van der Waals surface area contributed by atoms with Crippen molar-refractivity contribution in [2.75, 3.05) is 11.9 Å². The number of para-hydroxylation sites is 2. The summed E-state index contributed by atoms with van der Waals surface area (Å²) in [5.74, 6) is -1.77. The van der Waals surface area contributed by atoms with E-state index in [1.54, 1.807) is 0 Å². The van der Waals surface area contributed by atoms with E-state index in [1.165, 1.54) is 24.3 Å². The van der Waals surface area contributed by atoms with Gasteiger partial charge in [-0.05, 0) is 18.1 Å². The number of anilines is 1. The summed E-state index contributed by atoms with van der Waals surface area (Å²) in [7, 11) is 0. The Morgan fingerprint density at radius 2 is 1.61 bits per heavy atom. The van der Waals surface area contributed by atoms with Crippen LogP contribution in [0.4, 0.5) is 11.4 Å². The zero-order valence-electron chi connectivity index (χ0n) is 12.2. The zero-order chi connectivity index (χ0) is 16.7. The van der Waals surface area contributed by atoms with Crippen LogP contribution in [0.2, 0.25) is 0 Å². The highest BCUT2D eigenvalue weighted by Gasteiger charge is 2.18. The minimum Gasteiger partial charge on any atom is -0.347 e. The summed E-state index contributed by atoms with van der Waals surface area (Å²) in [6, 6.07) is 15.1. The van der Waals surface area contributed by atoms with Gasteiger partial charge in [-0.3, -0.25) is 19.7 Å². The molecule has 0 heterocycles. The molecule has 2 aromatic carbocycles. The van der Waals surface area contributed by atoms with Gasteiger partial charge in [-0.15, -0.1) is 0 Å². The van der Waals surface area contributed by atoms with Gasteiger partial charge in [0.25, 0.3) is 5.69 Å². The number of carbonyl (C=O) groups excluding carboxylic acids is 2. The Labute approximate surface area is 132 Å². The van der Waals surface area contributed by atoms with Crippen molar-refractivity contribution in [1.82, 2.24) is 5.32 Å². The Bertz CT molecular complexity index is 716. The molecule has 0 fully saturated rings. The molecule has 0 aliphatic rings. The summed E-state index contributed by atoms with van der Waals surface area (Å²) in [4.78, 5) is 33.7. The number of nitro groups is 1. The van der Waals surface area contributed by atoms with Crippen LogP contribution in [-0.4, -0.2) is 23.3 Å². The SMILES string of the molecule is O=C(NCCc1ccccc1)C(=O)Nc1ccccc1[N+](=O)[O-]. The minimum atomic E-state index is -0.938. The Kier molecular flexibility index (Phi) is 5.40. The van der Waals surface area contributed by atoms with Gasteiger partial charge in [0.2, 0.25) is 0 Å². The molecule has 0 spiro atoms. The maximum absolute atomic E-state index is 11.8. The third-order valence-electron chi connectivity index (χ3n) is 3.10. The normalized spacial score (nSPS) is 9.91. The second-order valence-corrected chi connectivity index (χ2v) is 4.72. The summed E-state index contributed by atoms with van der Waals surface area (Å²) < 4.78 is 0. The standard InChI is InChI=1S/C16H15N3O4/c20-15(17-11-10-12-6-2-1-3-7-12)16(21)18-13-8-4-5-9-14(13)19(22)23/h1-9H,10-11H2,(H,17,20)(H,18,21). The summed E-state index contributed by atoms with van der Waals surface area (Å²) in [5.41, 5.74) is 0.755. The van der Waals surface area contributed by atoms with E-state index < -0.39 is 16.7 Å². The molecule has 0 unspecified atom stereocenters. The fourth-order valence-electron chi connectivity index (χ4n) is 1.96. The Morgan fingerprint density at radius 3 is 2.30 bits per heavy atom. The molecule has 0 bridgehead atoms. The molecule has 0 atom stereocenters. The Morgan fingerprint density at radius 1 is 0.957 bits per heavy atom. The van der Waals surface area contributed by atoms with Gasteiger partial charge >= 0.3 is 11.8 Å². The molecule has 7 nitrogen and oxygen atoms in total. The highest BCUT2D eigenvalue weighted by molar-refractivity contribution is 6.39.